The second kappa shape index (κ2) is 18.7. The molecule has 0 bridgehead atoms. The predicted molar refractivity (Wildman–Crippen MR) is 170 cm³/mol. The Bertz CT molecular complexity index is 796. The molecular formula is C31H58O8Si2. The van der Waals surface area contributed by atoms with Gasteiger partial charge in [-0.25, -0.2) is 0 Å². The van der Waals surface area contributed by atoms with Crippen molar-refractivity contribution in [3.8, 4) is 0 Å². The largest absolute Gasteiger partial charge is 0.414 e. The van der Waals surface area contributed by atoms with Crippen molar-refractivity contribution in [3.63, 3.8) is 0 Å². The molecule has 0 aromatic heterocycles. The predicted octanol–water partition coefficient (Wildman–Crippen LogP) is 6.49. The smallest absolute Gasteiger partial charge is 0.192 e. The summed E-state index contributed by atoms with van der Waals surface area (Å²) < 4.78 is 41.6. The summed E-state index contributed by atoms with van der Waals surface area (Å²) in [4.78, 5) is 10.7. The van der Waals surface area contributed by atoms with Crippen LogP contribution >= 0.6 is 0 Å². The Balaban J connectivity index is 2.35. The van der Waals surface area contributed by atoms with E-state index in [2.05, 4.69) is 67.7 Å². The van der Waals surface area contributed by atoms with Gasteiger partial charge in [-0.1, -0.05) is 65.8 Å². The second-order valence-electron chi connectivity index (χ2n) is 13.4. The molecule has 0 unspecified atom stereocenters. The van der Waals surface area contributed by atoms with Crippen molar-refractivity contribution in [1.29, 1.82) is 0 Å². The van der Waals surface area contributed by atoms with Crippen LogP contribution in [0.5, 0.6) is 0 Å². The van der Waals surface area contributed by atoms with Gasteiger partial charge in [0.2, 0.25) is 0 Å². The van der Waals surface area contributed by atoms with Crippen LogP contribution in [0.15, 0.2) is 24.3 Å². The summed E-state index contributed by atoms with van der Waals surface area (Å²) >= 11 is 0. The van der Waals surface area contributed by atoms with Gasteiger partial charge >= 0.3 is 0 Å². The Morgan fingerprint density at radius 1 is 0.634 bits per heavy atom. The fourth-order valence-electron chi connectivity index (χ4n) is 3.09. The molecule has 1 aromatic carbocycles. The maximum atomic E-state index is 10.7. The number of benzene rings is 1. The zero-order valence-corrected chi connectivity index (χ0v) is 29.5. The van der Waals surface area contributed by atoms with E-state index in [4.69, 9.17) is 32.5 Å². The normalized spacial score (nSPS) is 13.2. The van der Waals surface area contributed by atoms with E-state index in [-0.39, 0.29) is 16.2 Å². The number of hydrogen-bond acceptors (Lipinski definition) is 8. The molecular weight excluding hydrogens is 557 g/mol. The van der Waals surface area contributed by atoms with Gasteiger partial charge in [-0.3, -0.25) is 4.79 Å². The van der Waals surface area contributed by atoms with E-state index in [1.165, 1.54) is 0 Å². The summed E-state index contributed by atoms with van der Waals surface area (Å²) in [6.45, 7) is 27.8. The minimum absolute atomic E-state index is 0.173. The topological polar surface area (TPSA) is 81.7 Å². The van der Waals surface area contributed by atoms with Gasteiger partial charge in [0.1, 0.15) is 12.4 Å². The van der Waals surface area contributed by atoms with Crippen molar-refractivity contribution in [2.45, 2.75) is 90.5 Å². The fraction of sp³-hybridized carbons (Fsp3) is 0.774. The van der Waals surface area contributed by atoms with Crippen LogP contribution in [0.4, 0.5) is 0 Å². The lowest BCUT2D eigenvalue weighted by molar-refractivity contribution is -0.0803. The van der Waals surface area contributed by atoms with Crippen LogP contribution in [-0.2, 0) is 39.1 Å². The molecule has 0 radical (unpaired) electrons. The number of rotatable bonds is 22. The first-order valence-corrected chi connectivity index (χ1v) is 20.7. The average molecular weight is 615 g/mol. The molecule has 0 aliphatic heterocycles. The van der Waals surface area contributed by atoms with Crippen LogP contribution in [0.25, 0.3) is 0 Å². The van der Waals surface area contributed by atoms with Crippen LogP contribution in [-0.4, -0.2) is 95.1 Å². The number of carbonyl (C=O) groups is 1. The standard InChI is InChI=1S/C31H58O8Si2/c1-30(2,3)40(7,8)38-21-18-35-25-29(26-36-19-22-39-41(9,10)31(4,5)6)37-20-17-33-15-16-34-24-28-13-11-27(23-32)12-14-28/h11-14,23,29H,15-22,24-26H2,1-10H3. The van der Waals surface area contributed by atoms with Crippen LogP contribution in [0, 0.1) is 0 Å². The first-order valence-electron chi connectivity index (χ1n) is 14.8. The van der Waals surface area contributed by atoms with Crippen molar-refractivity contribution < 1.29 is 37.3 Å². The average Bonchev–Trinajstić information content (AvgIpc) is 2.88. The maximum Gasteiger partial charge on any atom is 0.192 e. The SMILES string of the molecule is CC(C)(C)[Si](C)(C)OCCOCC(COCCO[Si](C)(C)C(C)(C)C)OCCOCCOCc1ccc(C=O)cc1. The third kappa shape index (κ3) is 15.9. The van der Waals surface area contributed by atoms with Gasteiger partial charge in [0.25, 0.3) is 0 Å². The molecule has 0 atom stereocenters. The molecule has 0 saturated carbocycles. The monoisotopic (exact) mass is 614 g/mol. The minimum Gasteiger partial charge on any atom is -0.414 e. The molecule has 41 heavy (non-hydrogen) atoms. The molecule has 0 aliphatic carbocycles. The molecule has 1 aromatic rings. The van der Waals surface area contributed by atoms with Gasteiger partial charge in [0, 0.05) is 5.56 Å². The van der Waals surface area contributed by atoms with E-state index in [9.17, 15) is 4.79 Å². The van der Waals surface area contributed by atoms with E-state index in [1.807, 2.05) is 12.1 Å². The Kier molecular flexibility index (Phi) is 17.3. The lowest BCUT2D eigenvalue weighted by atomic mass is 10.2. The molecule has 10 heteroatoms. The van der Waals surface area contributed by atoms with Crippen molar-refractivity contribution in [3.05, 3.63) is 35.4 Å². The molecule has 0 heterocycles. The van der Waals surface area contributed by atoms with Crippen LogP contribution in [0.2, 0.25) is 36.3 Å². The molecule has 238 valence electrons. The highest BCUT2D eigenvalue weighted by atomic mass is 28.4. The number of aldehydes is 1. The molecule has 0 fully saturated rings. The van der Waals surface area contributed by atoms with Gasteiger partial charge < -0.3 is 32.5 Å². The highest BCUT2D eigenvalue weighted by Gasteiger charge is 2.37. The van der Waals surface area contributed by atoms with Gasteiger partial charge in [-0.05, 0) is 41.8 Å². The number of ether oxygens (including phenoxy) is 5. The van der Waals surface area contributed by atoms with E-state index in [0.29, 0.717) is 78.2 Å². The van der Waals surface area contributed by atoms with Crippen molar-refractivity contribution in [2.24, 2.45) is 0 Å². The van der Waals surface area contributed by atoms with Crippen LogP contribution in [0.3, 0.4) is 0 Å². The molecule has 0 N–H and O–H groups in total. The van der Waals surface area contributed by atoms with Gasteiger partial charge in [-0.15, -0.1) is 0 Å². The highest BCUT2D eigenvalue weighted by molar-refractivity contribution is 6.74. The minimum atomic E-state index is -1.79. The number of hydrogen-bond donors (Lipinski definition) is 0. The van der Waals surface area contributed by atoms with E-state index in [1.54, 1.807) is 12.1 Å². The highest BCUT2D eigenvalue weighted by Crippen LogP contribution is 2.37. The second-order valence-corrected chi connectivity index (χ2v) is 23.0. The third-order valence-electron chi connectivity index (χ3n) is 7.94. The van der Waals surface area contributed by atoms with Crippen molar-refractivity contribution >= 4 is 22.9 Å². The third-order valence-corrected chi connectivity index (χ3v) is 17.0. The summed E-state index contributed by atoms with van der Waals surface area (Å²) in [5.41, 5.74) is 1.68. The van der Waals surface area contributed by atoms with Gasteiger partial charge in [-0.2, -0.15) is 0 Å². The molecule has 0 amide bonds. The lowest BCUT2D eigenvalue weighted by Crippen LogP contribution is -2.42. The lowest BCUT2D eigenvalue weighted by Gasteiger charge is -2.36. The van der Waals surface area contributed by atoms with E-state index in [0.717, 1.165) is 11.8 Å². The Morgan fingerprint density at radius 2 is 1.07 bits per heavy atom. The van der Waals surface area contributed by atoms with Gasteiger partial charge in [0.15, 0.2) is 16.6 Å². The quantitative estimate of drug-likeness (QED) is 0.0833. The van der Waals surface area contributed by atoms with Gasteiger partial charge in [0.05, 0.1) is 72.7 Å². The molecule has 0 saturated heterocycles. The first-order chi connectivity index (χ1) is 19.1. The molecule has 0 spiro atoms. The number of carbonyl (C=O) groups excluding carboxylic acids is 1. The Labute approximate surface area is 252 Å². The zero-order valence-electron chi connectivity index (χ0n) is 27.5. The van der Waals surface area contributed by atoms with Crippen LogP contribution in [0.1, 0.15) is 57.5 Å². The van der Waals surface area contributed by atoms with Crippen molar-refractivity contribution in [2.75, 3.05) is 66.1 Å². The van der Waals surface area contributed by atoms with Crippen LogP contribution < -0.4 is 0 Å². The summed E-state index contributed by atoms with van der Waals surface area (Å²) in [6, 6.07) is 7.35. The van der Waals surface area contributed by atoms with E-state index >= 15 is 0 Å². The van der Waals surface area contributed by atoms with E-state index < -0.39 is 16.6 Å². The Hall–Kier alpha value is -0.956. The molecule has 1 rings (SSSR count). The summed E-state index contributed by atoms with van der Waals surface area (Å²) in [7, 11) is -3.58. The molecule has 8 nitrogen and oxygen atoms in total. The summed E-state index contributed by atoms with van der Waals surface area (Å²) in [5.74, 6) is 0. The summed E-state index contributed by atoms with van der Waals surface area (Å²) in [5, 5.41) is 0.347. The summed E-state index contributed by atoms with van der Waals surface area (Å²) in [6.07, 6.45) is 0.628. The van der Waals surface area contributed by atoms with Crippen molar-refractivity contribution in [1.82, 2.24) is 0 Å². The zero-order chi connectivity index (χ0) is 31.0. The maximum absolute atomic E-state index is 10.7. The Morgan fingerprint density at radius 3 is 1.54 bits per heavy atom. The fourth-order valence-corrected chi connectivity index (χ4v) is 5.15. The first kappa shape index (κ1) is 38.1. The molecule has 0 aliphatic rings.